The Balaban J connectivity index is 1.77. The molecule has 0 heterocycles. The Morgan fingerprint density at radius 1 is 0.846 bits per heavy atom. The molecule has 1 fully saturated rings. The second kappa shape index (κ2) is 12.3. The van der Waals surface area contributed by atoms with Gasteiger partial charge in [0.05, 0.1) is 20.3 Å². The quantitative estimate of drug-likeness (QED) is 0.139. The van der Waals surface area contributed by atoms with Crippen LogP contribution in [0, 0.1) is 0 Å². The van der Waals surface area contributed by atoms with E-state index in [9.17, 15) is 39.9 Å². The molecule has 5 N–H and O–H groups in total. The molecule has 0 aliphatic heterocycles. The van der Waals surface area contributed by atoms with E-state index in [1.807, 2.05) is 0 Å². The van der Waals surface area contributed by atoms with Crippen molar-refractivity contribution >= 4 is 30.1 Å². The molecule has 0 unspecified atom stereocenters. The van der Waals surface area contributed by atoms with Gasteiger partial charge in [-0.2, -0.15) is 0 Å². The molecule has 0 spiro atoms. The Labute approximate surface area is 222 Å². The van der Waals surface area contributed by atoms with Gasteiger partial charge < -0.3 is 44.5 Å². The van der Waals surface area contributed by atoms with Crippen LogP contribution in [0.25, 0.3) is 12.2 Å². The molecule has 1 aliphatic carbocycles. The lowest BCUT2D eigenvalue weighted by Gasteiger charge is -2.41. The molecule has 2 aromatic rings. The minimum absolute atomic E-state index is 0.0958. The van der Waals surface area contributed by atoms with E-state index in [1.165, 1.54) is 55.7 Å². The molecule has 0 amide bonds. The number of phenolic OH excluding ortho intramolecular Hbond substituents is 3. The van der Waals surface area contributed by atoms with E-state index in [1.54, 1.807) is 0 Å². The number of methoxy groups -OCH3 is 2. The average Bonchev–Trinajstić information content (AvgIpc) is 2.90. The summed E-state index contributed by atoms with van der Waals surface area (Å²) in [6.07, 6.45) is -0.947. The summed E-state index contributed by atoms with van der Waals surface area (Å²) in [6.45, 7) is 0. The van der Waals surface area contributed by atoms with Crippen LogP contribution >= 0.6 is 0 Å². The monoisotopic (exact) mass is 544 g/mol. The molecule has 1 aliphatic rings. The summed E-state index contributed by atoms with van der Waals surface area (Å²) in [7, 11) is 2.40. The van der Waals surface area contributed by atoms with Gasteiger partial charge in [-0.15, -0.1) is 0 Å². The highest BCUT2D eigenvalue weighted by Crippen LogP contribution is 2.34. The number of benzene rings is 2. The third-order valence-corrected chi connectivity index (χ3v) is 5.94. The van der Waals surface area contributed by atoms with Gasteiger partial charge in [-0.3, -0.25) is 0 Å². The van der Waals surface area contributed by atoms with Crippen LogP contribution in [0.5, 0.6) is 23.0 Å². The third-order valence-electron chi connectivity index (χ3n) is 5.94. The molecule has 1 saturated carbocycles. The molecule has 0 saturated heterocycles. The van der Waals surface area contributed by atoms with Crippen LogP contribution in [0.3, 0.4) is 0 Å². The van der Waals surface area contributed by atoms with Crippen molar-refractivity contribution in [3.8, 4) is 23.0 Å². The van der Waals surface area contributed by atoms with Crippen LogP contribution in [-0.4, -0.2) is 81.6 Å². The van der Waals surface area contributed by atoms with Gasteiger partial charge in [-0.25, -0.2) is 14.4 Å². The van der Waals surface area contributed by atoms with E-state index >= 15 is 0 Å². The minimum atomic E-state index is -2.22. The van der Waals surface area contributed by atoms with E-state index in [0.717, 1.165) is 19.3 Å². The van der Waals surface area contributed by atoms with Crippen LogP contribution in [0.15, 0.2) is 48.6 Å². The fourth-order valence-corrected chi connectivity index (χ4v) is 3.99. The Morgan fingerprint density at radius 2 is 1.44 bits per heavy atom. The average molecular weight is 545 g/mol. The first kappa shape index (κ1) is 29.0. The Kier molecular flexibility index (Phi) is 9.17. The first-order chi connectivity index (χ1) is 18.4. The van der Waals surface area contributed by atoms with Crippen molar-refractivity contribution in [2.45, 2.75) is 36.8 Å². The number of hydrogen-bond donors (Lipinski definition) is 5. The number of esters is 3. The molecule has 12 heteroatoms. The summed E-state index contributed by atoms with van der Waals surface area (Å²) in [5, 5.41) is 50.1. The van der Waals surface area contributed by atoms with Crippen molar-refractivity contribution in [2.75, 3.05) is 14.2 Å². The Hall–Kier alpha value is -4.55. The maximum absolute atomic E-state index is 12.6. The van der Waals surface area contributed by atoms with Gasteiger partial charge in [-0.05, 0) is 47.5 Å². The minimum Gasteiger partial charge on any atom is -0.504 e. The zero-order valence-corrected chi connectivity index (χ0v) is 21.0. The standard InChI is InChI=1S/C27H28O12/c1-36-21-12-16(4-8-18(21)29)6-10-24(33)39-25-20(31)13-27(35,26(34)37-2)14-22(25)38-23(32)9-5-15-3-7-17(28)19(30)11-15/h3-12,20,22,25,28-31,35H,13-14H2,1-2H3/t20-,22-,25-,27+/m1/s1. The van der Waals surface area contributed by atoms with Crippen molar-refractivity contribution in [3.63, 3.8) is 0 Å². The predicted molar refractivity (Wildman–Crippen MR) is 134 cm³/mol. The van der Waals surface area contributed by atoms with Gasteiger partial charge in [0.25, 0.3) is 0 Å². The lowest BCUT2D eigenvalue weighted by molar-refractivity contribution is -0.206. The van der Waals surface area contributed by atoms with E-state index in [0.29, 0.717) is 11.1 Å². The molecule has 39 heavy (non-hydrogen) atoms. The molecule has 4 atom stereocenters. The summed E-state index contributed by atoms with van der Waals surface area (Å²) in [5.74, 6) is -3.64. The first-order valence-corrected chi connectivity index (χ1v) is 11.6. The first-order valence-electron chi connectivity index (χ1n) is 11.6. The number of rotatable bonds is 8. The zero-order valence-electron chi connectivity index (χ0n) is 21.0. The summed E-state index contributed by atoms with van der Waals surface area (Å²) in [4.78, 5) is 37.3. The molecule has 2 aromatic carbocycles. The molecular formula is C27H28O12. The number of hydrogen-bond acceptors (Lipinski definition) is 12. The number of aromatic hydroxyl groups is 3. The summed E-state index contributed by atoms with van der Waals surface area (Å²) < 4.78 is 20.3. The molecule has 3 rings (SSSR count). The van der Waals surface area contributed by atoms with Gasteiger partial charge in [0.15, 0.2) is 34.7 Å². The molecular weight excluding hydrogens is 516 g/mol. The number of aliphatic hydroxyl groups is 2. The van der Waals surface area contributed by atoms with Gasteiger partial charge in [-0.1, -0.05) is 12.1 Å². The largest absolute Gasteiger partial charge is 0.504 e. The molecule has 0 radical (unpaired) electrons. The normalized spacial score (nSPS) is 22.9. The van der Waals surface area contributed by atoms with Crippen molar-refractivity contribution in [1.82, 2.24) is 0 Å². The highest BCUT2D eigenvalue weighted by atomic mass is 16.6. The zero-order chi connectivity index (χ0) is 28.7. The predicted octanol–water partition coefficient (Wildman–Crippen LogP) is 1.42. The van der Waals surface area contributed by atoms with Crippen molar-refractivity contribution in [3.05, 3.63) is 59.7 Å². The van der Waals surface area contributed by atoms with E-state index in [-0.39, 0.29) is 17.2 Å². The van der Waals surface area contributed by atoms with Crippen LogP contribution < -0.4 is 4.74 Å². The van der Waals surface area contributed by atoms with E-state index in [4.69, 9.17) is 14.2 Å². The van der Waals surface area contributed by atoms with Gasteiger partial charge >= 0.3 is 17.9 Å². The summed E-state index contributed by atoms with van der Waals surface area (Å²) >= 11 is 0. The highest BCUT2D eigenvalue weighted by Gasteiger charge is 2.52. The summed E-state index contributed by atoms with van der Waals surface area (Å²) in [6, 6.07) is 8.17. The SMILES string of the molecule is COC(=O)[C@]1(O)C[C@@H](O)[C@@H](OC(=O)C=Cc2ccc(O)c(OC)c2)[C@H](OC(=O)C=Cc2ccc(O)c(O)c2)C1. The van der Waals surface area contributed by atoms with Crippen molar-refractivity contribution in [1.29, 1.82) is 0 Å². The number of aliphatic hydroxyl groups excluding tert-OH is 1. The number of ether oxygens (including phenoxy) is 4. The lowest BCUT2D eigenvalue weighted by Crippen LogP contribution is -2.58. The highest BCUT2D eigenvalue weighted by molar-refractivity contribution is 5.88. The van der Waals surface area contributed by atoms with E-state index < -0.39 is 60.4 Å². The smallest absolute Gasteiger partial charge is 0.338 e. The fraction of sp³-hybridized carbons (Fsp3) is 0.296. The Bertz CT molecular complexity index is 1280. The fourth-order valence-electron chi connectivity index (χ4n) is 3.99. The molecule has 0 aromatic heterocycles. The maximum Gasteiger partial charge on any atom is 0.338 e. The molecule has 0 bridgehead atoms. The van der Waals surface area contributed by atoms with Crippen molar-refractivity contribution in [2.24, 2.45) is 0 Å². The van der Waals surface area contributed by atoms with Gasteiger partial charge in [0.2, 0.25) is 0 Å². The number of carbonyl (C=O) groups excluding carboxylic acids is 3. The maximum atomic E-state index is 12.6. The number of phenols is 3. The molecule has 12 nitrogen and oxygen atoms in total. The third kappa shape index (κ3) is 7.27. The van der Waals surface area contributed by atoms with Gasteiger partial charge in [0, 0.05) is 25.0 Å². The second-order valence-electron chi connectivity index (χ2n) is 8.72. The van der Waals surface area contributed by atoms with Crippen LogP contribution in [0.2, 0.25) is 0 Å². The van der Waals surface area contributed by atoms with Crippen LogP contribution in [0.4, 0.5) is 0 Å². The summed E-state index contributed by atoms with van der Waals surface area (Å²) in [5.41, 5.74) is -1.39. The Morgan fingerprint density at radius 3 is 2.03 bits per heavy atom. The van der Waals surface area contributed by atoms with Crippen molar-refractivity contribution < 1.29 is 58.9 Å². The number of carbonyl (C=O) groups is 3. The van der Waals surface area contributed by atoms with Crippen LogP contribution in [0.1, 0.15) is 24.0 Å². The van der Waals surface area contributed by atoms with E-state index in [2.05, 4.69) is 4.74 Å². The molecule has 208 valence electrons. The van der Waals surface area contributed by atoms with Crippen LogP contribution in [-0.2, 0) is 28.6 Å². The topological polar surface area (TPSA) is 189 Å². The van der Waals surface area contributed by atoms with Gasteiger partial charge in [0.1, 0.15) is 6.10 Å². The second-order valence-corrected chi connectivity index (χ2v) is 8.72. The lowest BCUT2D eigenvalue weighted by atomic mass is 9.79.